The van der Waals surface area contributed by atoms with Crippen LogP contribution in [0.5, 0.6) is 0 Å². The molecule has 2 atom stereocenters. The Labute approximate surface area is 147 Å². The van der Waals surface area contributed by atoms with Crippen LogP contribution in [0.25, 0.3) is 0 Å². The second-order valence-corrected chi connectivity index (χ2v) is 6.60. The monoisotopic (exact) mass is 341 g/mol. The standard InChI is InChI=1S/C19H23N3O3/c1-3-14-5-7-17(25-14)16-10-12(2)8-9-22(16)19(24)15-6-4-13(11-21-15)18(20)23/h4-7,11-12,16H,3,8-10H2,1-2H3,(H2,20,23)/t12-,16-/m0/s1. The highest BCUT2D eigenvalue weighted by Crippen LogP contribution is 2.35. The molecule has 1 fully saturated rings. The highest BCUT2D eigenvalue weighted by atomic mass is 16.3. The van der Waals surface area contributed by atoms with E-state index in [2.05, 4.69) is 11.9 Å². The number of hydrogen-bond acceptors (Lipinski definition) is 4. The zero-order chi connectivity index (χ0) is 18.0. The van der Waals surface area contributed by atoms with Crippen LogP contribution in [0.3, 0.4) is 0 Å². The number of hydrogen-bond donors (Lipinski definition) is 1. The molecule has 2 N–H and O–H groups in total. The average molecular weight is 341 g/mol. The van der Waals surface area contributed by atoms with Crippen LogP contribution in [0.4, 0.5) is 0 Å². The minimum atomic E-state index is -0.557. The first kappa shape index (κ1) is 17.2. The van der Waals surface area contributed by atoms with Gasteiger partial charge in [-0.2, -0.15) is 0 Å². The minimum Gasteiger partial charge on any atom is -0.464 e. The van der Waals surface area contributed by atoms with Crippen molar-refractivity contribution >= 4 is 11.8 Å². The van der Waals surface area contributed by atoms with Crippen molar-refractivity contribution < 1.29 is 14.0 Å². The number of amides is 2. The van der Waals surface area contributed by atoms with E-state index in [1.165, 1.54) is 12.3 Å². The van der Waals surface area contributed by atoms with Crippen LogP contribution in [0.1, 0.15) is 65.1 Å². The van der Waals surface area contributed by atoms with Gasteiger partial charge >= 0.3 is 0 Å². The Bertz CT molecular complexity index is 766. The van der Waals surface area contributed by atoms with Gasteiger partial charge in [-0.15, -0.1) is 0 Å². The molecule has 1 aliphatic rings. The van der Waals surface area contributed by atoms with E-state index in [0.717, 1.165) is 30.8 Å². The van der Waals surface area contributed by atoms with Crippen molar-refractivity contribution in [2.24, 2.45) is 11.7 Å². The number of carbonyl (C=O) groups is 2. The molecule has 25 heavy (non-hydrogen) atoms. The van der Waals surface area contributed by atoms with Gasteiger partial charge in [0.15, 0.2) is 0 Å². The van der Waals surface area contributed by atoms with Crippen LogP contribution in [0.15, 0.2) is 34.9 Å². The number of carbonyl (C=O) groups excluding carboxylic acids is 2. The zero-order valence-corrected chi connectivity index (χ0v) is 14.6. The highest BCUT2D eigenvalue weighted by Gasteiger charge is 2.34. The summed E-state index contributed by atoms with van der Waals surface area (Å²) in [6.45, 7) is 4.89. The number of nitrogens with zero attached hydrogens (tertiary/aromatic N) is 2. The number of pyridine rings is 1. The molecule has 1 saturated heterocycles. The molecule has 0 aromatic carbocycles. The van der Waals surface area contributed by atoms with Gasteiger partial charge in [0.2, 0.25) is 5.91 Å². The molecule has 132 valence electrons. The van der Waals surface area contributed by atoms with Crippen molar-refractivity contribution in [3.63, 3.8) is 0 Å². The smallest absolute Gasteiger partial charge is 0.273 e. The van der Waals surface area contributed by atoms with E-state index < -0.39 is 5.91 Å². The first-order valence-corrected chi connectivity index (χ1v) is 8.65. The Morgan fingerprint density at radius 3 is 2.72 bits per heavy atom. The number of nitrogens with two attached hydrogens (primary N) is 1. The Hall–Kier alpha value is -2.63. The molecule has 0 bridgehead atoms. The average Bonchev–Trinajstić information content (AvgIpc) is 3.10. The molecule has 2 aromatic heterocycles. The lowest BCUT2D eigenvalue weighted by atomic mass is 9.91. The summed E-state index contributed by atoms with van der Waals surface area (Å²) in [5.74, 6) is 1.56. The predicted octanol–water partition coefficient (Wildman–Crippen LogP) is 2.95. The third-order valence-corrected chi connectivity index (χ3v) is 4.75. The van der Waals surface area contributed by atoms with Crippen molar-refractivity contribution in [3.8, 4) is 0 Å². The molecule has 0 spiro atoms. The lowest BCUT2D eigenvalue weighted by Crippen LogP contribution is -2.40. The molecule has 6 heteroatoms. The number of furan rings is 1. The summed E-state index contributed by atoms with van der Waals surface area (Å²) in [7, 11) is 0. The van der Waals surface area contributed by atoms with Gasteiger partial charge in [0.05, 0.1) is 11.6 Å². The van der Waals surface area contributed by atoms with Crippen LogP contribution in [-0.2, 0) is 6.42 Å². The molecule has 1 aliphatic heterocycles. The number of piperidine rings is 1. The molecule has 0 unspecified atom stereocenters. The Kier molecular flexibility index (Phi) is 4.88. The molecule has 0 radical (unpaired) electrons. The van der Waals surface area contributed by atoms with Gasteiger partial charge in [0.1, 0.15) is 17.2 Å². The second-order valence-electron chi connectivity index (χ2n) is 6.60. The molecule has 2 amide bonds. The SMILES string of the molecule is CCc1ccc([C@@H]2C[C@@H](C)CCN2C(=O)c2ccc(C(N)=O)cn2)o1. The van der Waals surface area contributed by atoms with Gasteiger partial charge in [-0.3, -0.25) is 14.6 Å². The Morgan fingerprint density at radius 2 is 2.12 bits per heavy atom. The fraction of sp³-hybridized carbons (Fsp3) is 0.421. The molecule has 3 heterocycles. The van der Waals surface area contributed by atoms with Gasteiger partial charge in [0.25, 0.3) is 5.91 Å². The van der Waals surface area contributed by atoms with E-state index >= 15 is 0 Å². The molecule has 6 nitrogen and oxygen atoms in total. The first-order valence-electron chi connectivity index (χ1n) is 8.65. The molecular weight excluding hydrogens is 318 g/mol. The van der Waals surface area contributed by atoms with E-state index in [1.54, 1.807) is 6.07 Å². The summed E-state index contributed by atoms with van der Waals surface area (Å²) in [6.07, 6.45) is 3.98. The number of aromatic nitrogens is 1. The topological polar surface area (TPSA) is 89.4 Å². The zero-order valence-electron chi connectivity index (χ0n) is 14.6. The molecular formula is C19H23N3O3. The number of likely N-dealkylation sites (tertiary alicyclic amines) is 1. The van der Waals surface area contributed by atoms with E-state index in [-0.39, 0.29) is 11.9 Å². The summed E-state index contributed by atoms with van der Waals surface area (Å²) in [4.78, 5) is 30.1. The van der Waals surface area contributed by atoms with Gasteiger partial charge < -0.3 is 15.1 Å². The van der Waals surface area contributed by atoms with E-state index in [4.69, 9.17) is 10.2 Å². The molecule has 0 aliphatic carbocycles. The van der Waals surface area contributed by atoms with Crippen molar-refractivity contribution in [3.05, 3.63) is 53.2 Å². The second kappa shape index (κ2) is 7.09. The predicted molar refractivity (Wildman–Crippen MR) is 93.0 cm³/mol. The van der Waals surface area contributed by atoms with Crippen molar-refractivity contribution in [2.75, 3.05) is 6.54 Å². The third-order valence-electron chi connectivity index (χ3n) is 4.75. The third kappa shape index (κ3) is 3.57. The van der Waals surface area contributed by atoms with Crippen molar-refractivity contribution in [1.29, 1.82) is 0 Å². The molecule has 2 aromatic rings. The molecule has 3 rings (SSSR count). The van der Waals surface area contributed by atoms with Crippen LogP contribution in [0.2, 0.25) is 0 Å². The van der Waals surface area contributed by atoms with E-state index in [1.807, 2.05) is 24.0 Å². The van der Waals surface area contributed by atoms with Gasteiger partial charge in [0, 0.05) is 19.2 Å². The normalized spacial score (nSPS) is 20.5. The van der Waals surface area contributed by atoms with E-state index in [9.17, 15) is 9.59 Å². The van der Waals surface area contributed by atoms with Crippen LogP contribution in [0, 0.1) is 5.92 Å². The lowest BCUT2D eigenvalue weighted by Gasteiger charge is -2.37. The van der Waals surface area contributed by atoms with Crippen LogP contribution < -0.4 is 5.73 Å². The summed E-state index contributed by atoms with van der Waals surface area (Å²) in [5.41, 5.74) is 5.83. The maximum absolute atomic E-state index is 13.0. The van der Waals surface area contributed by atoms with E-state index in [0.29, 0.717) is 23.7 Å². The van der Waals surface area contributed by atoms with Gasteiger partial charge in [-0.25, -0.2) is 0 Å². The number of primary amides is 1. The lowest BCUT2D eigenvalue weighted by molar-refractivity contribution is 0.0512. The van der Waals surface area contributed by atoms with Crippen molar-refractivity contribution in [2.45, 2.75) is 39.2 Å². The summed E-state index contributed by atoms with van der Waals surface area (Å²) in [6, 6.07) is 6.93. The summed E-state index contributed by atoms with van der Waals surface area (Å²) < 4.78 is 5.91. The summed E-state index contributed by atoms with van der Waals surface area (Å²) >= 11 is 0. The molecule has 0 saturated carbocycles. The van der Waals surface area contributed by atoms with Crippen LogP contribution in [-0.4, -0.2) is 28.2 Å². The summed E-state index contributed by atoms with van der Waals surface area (Å²) in [5, 5.41) is 0. The number of rotatable bonds is 4. The quantitative estimate of drug-likeness (QED) is 0.926. The highest BCUT2D eigenvalue weighted by molar-refractivity contribution is 5.95. The van der Waals surface area contributed by atoms with Gasteiger partial charge in [-0.05, 0) is 43.0 Å². The largest absolute Gasteiger partial charge is 0.464 e. The fourth-order valence-corrected chi connectivity index (χ4v) is 3.23. The first-order chi connectivity index (χ1) is 12.0. The number of aryl methyl sites for hydroxylation is 1. The minimum absolute atomic E-state index is 0.0887. The fourth-order valence-electron chi connectivity index (χ4n) is 3.23. The maximum Gasteiger partial charge on any atom is 0.273 e. The van der Waals surface area contributed by atoms with Gasteiger partial charge in [-0.1, -0.05) is 13.8 Å². The Balaban J connectivity index is 1.86. The van der Waals surface area contributed by atoms with Crippen molar-refractivity contribution in [1.82, 2.24) is 9.88 Å². The van der Waals surface area contributed by atoms with Crippen LogP contribution >= 0.6 is 0 Å². The maximum atomic E-state index is 13.0. The Morgan fingerprint density at radius 1 is 1.32 bits per heavy atom.